The summed E-state index contributed by atoms with van der Waals surface area (Å²) in [4.78, 5) is 15.1. The quantitative estimate of drug-likeness (QED) is 0.562. The van der Waals surface area contributed by atoms with E-state index in [2.05, 4.69) is 10.2 Å². The fourth-order valence-electron chi connectivity index (χ4n) is 6.73. The lowest BCUT2D eigenvalue weighted by Gasteiger charge is -2.62. The highest BCUT2D eigenvalue weighted by molar-refractivity contribution is 5.78. The predicted molar refractivity (Wildman–Crippen MR) is 122 cm³/mol. The molecule has 4 N–H and O–H groups in total. The number of nitrogens with zero attached hydrogens (tertiary/aromatic N) is 1. The minimum Gasteiger partial charge on any atom is -0.508 e. The van der Waals surface area contributed by atoms with Crippen LogP contribution < -0.4 is 5.32 Å². The smallest absolute Gasteiger partial charge is 0.223 e. The lowest BCUT2D eigenvalue weighted by atomic mass is 9.57. The number of hydrogen-bond donors (Lipinski definition) is 4. The Morgan fingerprint density at radius 3 is 2.75 bits per heavy atom. The number of benzene rings is 1. The van der Waals surface area contributed by atoms with Gasteiger partial charge in [0.25, 0.3) is 0 Å². The van der Waals surface area contributed by atoms with Crippen molar-refractivity contribution in [3.8, 4) is 5.75 Å². The highest BCUT2D eigenvalue weighted by Crippen LogP contribution is 2.56. The molecule has 1 aliphatic heterocycles. The van der Waals surface area contributed by atoms with Crippen LogP contribution in [0.2, 0.25) is 0 Å². The van der Waals surface area contributed by atoms with Crippen LogP contribution >= 0.6 is 0 Å². The molecule has 2 bridgehead atoms. The first-order valence-corrected chi connectivity index (χ1v) is 12.5. The topological polar surface area (TPSA) is 93.0 Å². The zero-order valence-corrected chi connectivity index (χ0v) is 19.3. The fraction of sp³-hybridized carbons (Fsp3) is 0.731. The summed E-state index contributed by atoms with van der Waals surface area (Å²) < 4.78 is 0. The first-order valence-electron chi connectivity index (χ1n) is 12.5. The summed E-state index contributed by atoms with van der Waals surface area (Å²) in [6, 6.07) is 5.23. The van der Waals surface area contributed by atoms with Gasteiger partial charge < -0.3 is 20.6 Å². The van der Waals surface area contributed by atoms with Gasteiger partial charge in [0.2, 0.25) is 5.91 Å². The first-order chi connectivity index (χ1) is 15.3. The second-order valence-electron chi connectivity index (χ2n) is 11.2. The summed E-state index contributed by atoms with van der Waals surface area (Å²) in [6.07, 6.45) is 4.72. The van der Waals surface area contributed by atoms with E-state index in [-0.39, 0.29) is 34.9 Å². The van der Waals surface area contributed by atoms with Crippen molar-refractivity contribution in [2.45, 2.75) is 89.0 Å². The third kappa shape index (κ3) is 3.95. The van der Waals surface area contributed by atoms with E-state index in [1.807, 2.05) is 26.0 Å². The van der Waals surface area contributed by atoms with E-state index in [4.69, 9.17) is 0 Å². The minimum atomic E-state index is -0.734. The monoisotopic (exact) mass is 442 g/mol. The number of phenols is 1. The minimum absolute atomic E-state index is 0.00171. The first kappa shape index (κ1) is 22.2. The molecule has 0 aromatic heterocycles. The van der Waals surface area contributed by atoms with Gasteiger partial charge in [-0.15, -0.1) is 0 Å². The van der Waals surface area contributed by atoms with Crippen molar-refractivity contribution in [2.75, 3.05) is 13.1 Å². The Hall–Kier alpha value is -1.63. The number of amides is 1. The van der Waals surface area contributed by atoms with Gasteiger partial charge in [0.05, 0.1) is 18.2 Å². The Labute approximate surface area is 191 Å². The maximum Gasteiger partial charge on any atom is 0.223 e. The lowest BCUT2D eigenvalue weighted by Crippen LogP contribution is -2.71. The molecule has 6 heteroatoms. The zero-order valence-electron chi connectivity index (χ0n) is 19.3. The SMILES string of the molecule is CCC(C)C(=O)NC1CC(O)C2N(CC3CC3)CC23Cc2ccc(O)cc2C(CC1O)C3. The van der Waals surface area contributed by atoms with Crippen molar-refractivity contribution in [3.05, 3.63) is 29.3 Å². The molecule has 0 radical (unpaired) electrons. The van der Waals surface area contributed by atoms with Gasteiger partial charge in [-0.1, -0.05) is 19.9 Å². The van der Waals surface area contributed by atoms with Gasteiger partial charge in [0, 0.05) is 30.5 Å². The number of phenolic OH excluding ortho intramolecular Hbond substituents is 1. The van der Waals surface area contributed by atoms with Crippen molar-refractivity contribution in [1.82, 2.24) is 10.2 Å². The molecular formula is C26H38N2O4. The standard InChI is InChI=1S/C26H38N2O4/c1-3-15(2)25(32)27-21-10-23(31)24-26(14-28(24)13-16-4-5-16)11-17-6-7-19(29)9-20(17)18(12-26)8-22(21)30/h6-7,9,15-16,18,21-24,29-31H,3-5,8,10-14H2,1-2H3,(H,27,32). The van der Waals surface area contributed by atoms with Crippen LogP contribution in [0.5, 0.6) is 5.75 Å². The molecule has 6 nitrogen and oxygen atoms in total. The predicted octanol–water partition coefficient (Wildman–Crippen LogP) is 2.55. The molecule has 2 saturated carbocycles. The second kappa shape index (κ2) is 8.30. The molecule has 1 spiro atoms. The molecule has 5 rings (SSSR count). The Balaban J connectivity index is 1.48. The normalized spacial score (nSPS) is 37.7. The number of fused-ring (bicyclic) bond motifs is 3. The molecule has 3 aliphatic carbocycles. The fourth-order valence-corrected chi connectivity index (χ4v) is 6.73. The van der Waals surface area contributed by atoms with Crippen molar-refractivity contribution < 1.29 is 20.1 Å². The van der Waals surface area contributed by atoms with E-state index >= 15 is 0 Å². The van der Waals surface area contributed by atoms with Gasteiger partial charge >= 0.3 is 0 Å². The summed E-state index contributed by atoms with van der Waals surface area (Å²) >= 11 is 0. The Morgan fingerprint density at radius 1 is 1.25 bits per heavy atom. The average molecular weight is 443 g/mol. The second-order valence-corrected chi connectivity index (χ2v) is 11.2. The molecule has 176 valence electrons. The van der Waals surface area contributed by atoms with Gasteiger partial charge in [0.15, 0.2) is 0 Å². The third-order valence-corrected chi connectivity index (χ3v) is 8.73. The van der Waals surface area contributed by atoms with Crippen LogP contribution in [-0.2, 0) is 11.2 Å². The zero-order chi connectivity index (χ0) is 22.6. The van der Waals surface area contributed by atoms with Crippen molar-refractivity contribution in [1.29, 1.82) is 0 Å². The van der Waals surface area contributed by atoms with E-state index < -0.39 is 18.2 Å². The molecule has 1 aromatic rings. The number of nitrogens with one attached hydrogen (secondary N) is 1. The average Bonchev–Trinajstić information content (AvgIpc) is 3.55. The number of carbonyl (C=O) groups excluding carboxylic acids is 1. The van der Waals surface area contributed by atoms with Crippen molar-refractivity contribution in [3.63, 3.8) is 0 Å². The molecule has 7 atom stereocenters. The van der Waals surface area contributed by atoms with Crippen LogP contribution in [0.3, 0.4) is 0 Å². The summed E-state index contributed by atoms with van der Waals surface area (Å²) in [5, 5.41) is 35.9. The highest BCUT2D eigenvalue weighted by Gasteiger charge is 2.59. The van der Waals surface area contributed by atoms with Gasteiger partial charge in [-0.05, 0) is 80.0 Å². The highest BCUT2D eigenvalue weighted by atomic mass is 16.3. The lowest BCUT2D eigenvalue weighted by molar-refractivity contribution is -0.144. The number of rotatable bonds is 5. The Morgan fingerprint density at radius 2 is 2.03 bits per heavy atom. The Kier molecular flexibility index (Phi) is 5.75. The van der Waals surface area contributed by atoms with Crippen LogP contribution in [0.1, 0.15) is 69.4 Å². The largest absolute Gasteiger partial charge is 0.508 e. The van der Waals surface area contributed by atoms with Gasteiger partial charge in [-0.2, -0.15) is 0 Å². The van der Waals surface area contributed by atoms with E-state index in [1.54, 1.807) is 6.07 Å². The third-order valence-electron chi connectivity index (χ3n) is 8.73. The van der Waals surface area contributed by atoms with Crippen molar-refractivity contribution >= 4 is 5.91 Å². The maximum absolute atomic E-state index is 12.7. The number of carbonyl (C=O) groups is 1. The molecule has 1 heterocycles. The molecule has 7 unspecified atom stereocenters. The summed E-state index contributed by atoms with van der Waals surface area (Å²) in [6.45, 7) is 5.92. The van der Waals surface area contributed by atoms with Crippen molar-refractivity contribution in [2.24, 2.45) is 17.3 Å². The Bertz CT molecular complexity index is 871. The molecule has 1 saturated heterocycles. The number of likely N-dealkylation sites (tertiary alicyclic amines) is 1. The van der Waals surface area contributed by atoms with Crippen LogP contribution in [-0.4, -0.2) is 63.5 Å². The van der Waals surface area contributed by atoms with Crippen LogP contribution in [0, 0.1) is 17.3 Å². The maximum atomic E-state index is 12.7. The van der Waals surface area contributed by atoms with E-state index in [9.17, 15) is 20.1 Å². The van der Waals surface area contributed by atoms with E-state index in [1.165, 1.54) is 18.4 Å². The van der Waals surface area contributed by atoms with Crippen LogP contribution in [0.15, 0.2) is 18.2 Å². The number of aromatic hydroxyl groups is 1. The van der Waals surface area contributed by atoms with E-state index in [0.29, 0.717) is 12.8 Å². The molecular weight excluding hydrogens is 404 g/mol. The molecule has 1 aromatic carbocycles. The summed E-state index contributed by atoms with van der Waals surface area (Å²) in [5.41, 5.74) is 2.35. The number of hydrogen-bond acceptors (Lipinski definition) is 5. The summed E-state index contributed by atoms with van der Waals surface area (Å²) in [5.74, 6) is 0.950. The summed E-state index contributed by atoms with van der Waals surface area (Å²) in [7, 11) is 0. The number of aliphatic hydroxyl groups is 2. The van der Waals surface area contributed by atoms with Gasteiger partial charge in [0.1, 0.15) is 5.75 Å². The van der Waals surface area contributed by atoms with E-state index in [0.717, 1.165) is 43.8 Å². The van der Waals surface area contributed by atoms with Crippen LogP contribution in [0.4, 0.5) is 0 Å². The molecule has 1 amide bonds. The molecule has 32 heavy (non-hydrogen) atoms. The van der Waals surface area contributed by atoms with Crippen LogP contribution in [0.25, 0.3) is 0 Å². The molecule has 4 aliphatic rings. The number of aliphatic hydroxyl groups excluding tert-OH is 2. The van der Waals surface area contributed by atoms with Gasteiger partial charge in [-0.3, -0.25) is 9.69 Å². The molecule has 3 fully saturated rings. The van der Waals surface area contributed by atoms with Gasteiger partial charge in [-0.25, -0.2) is 0 Å².